The second-order valence-electron chi connectivity index (χ2n) is 3.46. The number of ether oxygens (including phenoxy) is 1. The number of carboxylic acid groups (broad SMARTS) is 1. The maximum Gasteiger partial charge on any atom is 0.320 e. The summed E-state index contributed by atoms with van der Waals surface area (Å²) in [6.07, 6.45) is 0.0293. The lowest BCUT2D eigenvalue weighted by Gasteiger charge is -2.10. The molecule has 6 nitrogen and oxygen atoms in total. The fourth-order valence-electron chi connectivity index (χ4n) is 1.43. The number of phenols is 1. The fourth-order valence-corrected chi connectivity index (χ4v) is 1.43. The van der Waals surface area contributed by atoms with Crippen LogP contribution in [0, 0.1) is 11.3 Å². The van der Waals surface area contributed by atoms with E-state index in [1.54, 1.807) is 0 Å². The number of nitrogens with zero attached hydrogens (tertiary/aromatic N) is 1. The van der Waals surface area contributed by atoms with Crippen LogP contribution in [0.5, 0.6) is 11.5 Å². The lowest BCUT2D eigenvalue weighted by atomic mass is 10.0. The molecule has 1 rings (SSSR count). The van der Waals surface area contributed by atoms with Gasteiger partial charge in [-0.25, -0.2) is 0 Å². The first-order valence-electron chi connectivity index (χ1n) is 4.78. The predicted molar refractivity (Wildman–Crippen MR) is 58.7 cm³/mol. The van der Waals surface area contributed by atoms with Crippen LogP contribution >= 0.6 is 0 Å². The summed E-state index contributed by atoms with van der Waals surface area (Å²) in [7, 11) is 1.33. The molecule has 0 amide bonds. The SMILES string of the molecule is COc1c(O)cc(CC(N)C(=O)O)cc1C#N. The normalized spacial score (nSPS) is 11.6. The van der Waals surface area contributed by atoms with Crippen LogP contribution in [0.25, 0.3) is 0 Å². The van der Waals surface area contributed by atoms with Gasteiger partial charge < -0.3 is 20.7 Å². The third kappa shape index (κ3) is 2.86. The smallest absolute Gasteiger partial charge is 0.320 e. The van der Waals surface area contributed by atoms with Crippen LogP contribution in [0.3, 0.4) is 0 Å². The van der Waals surface area contributed by atoms with Crippen molar-refractivity contribution in [2.24, 2.45) is 5.73 Å². The van der Waals surface area contributed by atoms with E-state index >= 15 is 0 Å². The number of aromatic hydroxyl groups is 1. The Balaban J connectivity index is 3.09. The molecule has 1 atom stereocenters. The maximum absolute atomic E-state index is 10.6. The molecule has 0 spiro atoms. The summed E-state index contributed by atoms with van der Waals surface area (Å²) < 4.78 is 4.85. The van der Waals surface area contributed by atoms with Gasteiger partial charge in [-0.3, -0.25) is 4.79 Å². The first kappa shape index (κ1) is 12.8. The number of benzene rings is 1. The molecule has 0 aliphatic heterocycles. The Bertz CT molecular complexity index is 479. The van der Waals surface area contributed by atoms with Crippen molar-refractivity contribution in [2.75, 3.05) is 7.11 Å². The average Bonchev–Trinajstić information content (AvgIpc) is 2.27. The Morgan fingerprint density at radius 3 is 2.76 bits per heavy atom. The van der Waals surface area contributed by atoms with Crippen molar-refractivity contribution in [1.29, 1.82) is 5.26 Å². The summed E-state index contributed by atoms with van der Waals surface area (Å²) in [5, 5.41) is 27.1. The van der Waals surface area contributed by atoms with E-state index in [-0.39, 0.29) is 23.5 Å². The van der Waals surface area contributed by atoms with Gasteiger partial charge in [0.05, 0.1) is 12.7 Å². The van der Waals surface area contributed by atoms with Gasteiger partial charge in [0.25, 0.3) is 0 Å². The number of rotatable bonds is 4. The summed E-state index contributed by atoms with van der Waals surface area (Å²) in [5.41, 5.74) is 5.97. The van der Waals surface area contributed by atoms with E-state index in [1.165, 1.54) is 19.2 Å². The summed E-state index contributed by atoms with van der Waals surface area (Å²) in [5.74, 6) is -1.28. The molecular formula is C11H12N2O4. The third-order valence-electron chi connectivity index (χ3n) is 2.23. The minimum Gasteiger partial charge on any atom is -0.504 e. The molecule has 0 saturated carbocycles. The zero-order chi connectivity index (χ0) is 13.0. The number of nitriles is 1. The molecule has 0 radical (unpaired) electrons. The molecule has 0 fully saturated rings. The standard InChI is InChI=1S/C11H12N2O4/c1-17-10-7(5-12)2-6(4-9(10)14)3-8(13)11(15)16/h2,4,8,14H,3,13H2,1H3,(H,15,16). The first-order valence-corrected chi connectivity index (χ1v) is 4.78. The molecule has 17 heavy (non-hydrogen) atoms. The van der Waals surface area contributed by atoms with Crippen LogP contribution < -0.4 is 10.5 Å². The molecule has 4 N–H and O–H groups in total. The Morgan fingerprint density at radius 1 is 1.65 bits per heavy atom. The highest BCUT2D eigenvalue weighted by Crippen LogP contribution is 2.31. The zero-order valence-corrected chi connectivity index (χ0v) is 9.17. The van der Waals surface area contributed by atoms with E-state index in [9.17, 15) is 9.90 Å². The van der Waals surface area contributed by atoms with Gasteiger partial charge in [-0.15, -0.1) is 0 Å². The molecular weight excluding hydrogens is 224 g/mol. The second kappa shape index (κ2) is 5.18. The predicted octanol–water partition coefficient (Wildman–Crippen LogP) is 0.227. The average molecular weight is 236 g/mol. The van der Waals surface area contributed by atoms with Gasteiger partial charge >= 0.3 is 5.97 Å². The lowest BCUT2D eigenvalue weighted by Crippen LogP contribution is -2.32. The Labute approximate surface area is 97.9 Å². The molecule has 6 heteroatoms. The molecule has 1 unspecified atom stereocenters. The zero-order valence-electron chi connectivity index (χ0n) is 9.17. The Kier molecular flexibility index (Phi) is 3.91. The fraction of sp³-hybridized carbons (Fsp3) is 0.273. The van der Waals surface area contributed by atoms with Crippen LogP contribution in [-0.4, -0.2) is 29.3 Å². The number of hydrogen-bond acceptors (Lipinski definition) is 5. The first-order chi connectivity index (χ1) is 7.99. The molecule has 0 aliphatic rings. The largest absolute Gasteiger partial charge is 0.504 e. The van der Waals surface area contributed by atoms with Crippen molar-refractivity contribution >= 4 is 5.97 Å². The number of carboxylic acids is 1. The van der Waals surface area contributed by atoms with Gasteiger partial charge in [-0.2, -0.15) is 5.26 Å². The highest BCUT2D eigenvalue weighted by atomic mass is 16.5. The van der Waals surface area contributed by atoms with Gasteiger partial charge in [0.2, 0.25) is 0 Å². The van der Waals surface area contributed by atoms with E-state index < -0.39 is 12.0 Å². The van der Waals surface area contributed by atoms with E-state index in [0.717, 1.165) is 0 Å². The molecule has 0 bridgehead atoms. The Morgan fingerprint density at radius 2 is 2.29 bits per heavy atom. The van der Waals surface area contributed by atoms with Gasteiger partial charge in [0, 0.05) is 0 Å². The number of phenolic OH excluding ortho intramolecular Hbond substituents is 1. The molecule has 0 aliphatic carbocycles. The number of hydrogen-bond donors (Lipinski definition) is 3. The van der Waals surface area contributed by atoms with E-state index in [2.05, 4.69) is 0 Å². The van der Waals surface area contributed by atoms with Crippen molar-refractivity contribution < 1.29 is 19.7 Å². The van der Waals surface area contributed by atoms with E-state index in [0.29, 0.717) is 5.56 Å². The molecule has 90 valence electrons. The highest BCUT2D eigenvalue weighted by molar-refractivity contribution is 5.73. The van der Waals surface area contributed by atoms with Crippen LogP contribution in [0.2, 0.25) is 0 Å². The van der Waals surface area contributed by atoms with E-state index in [4.69, 9.17) is 20.8 Å². The highest BCUT2D eigenvalue weighted by Gasteiger charge is 2.16. The van der Waals surface area contributed by atoms with Crippen molar-refractivity contribution in [3.8, 4) is 17.6 Å². The van der Waals surface area contributed by atoms with Crippen LogP contribution in [0.1, 0.15) is 11.1 Å². The second-order valence-corrected chi connectivity index (χ2v) is 3.46. The minimum atomic E-state index is -1.14. The number of carbonyl (C=O) groups is 1. The van der Waals surface area contributed by atoms with Crippen LogP contribution in [-0.2, 0) is 11.2 Å². The van der Waals surface area contributed by atoms with Crippen LogP contribution in [0.4, 0.5) is 0 Å². The third-order valence-corrected chi connectivity index (χ3v) is 2.23. The number of methoxy groups -OCH3 is 1. The molecule has 0 heterocycles. The number of aliphatic carboxylic acids is 1. The van der Waals surface area contributed by atoms with Gasteiger partial charge in [0.15, 0.2) is 11.5 Å². The molecule has 1 aromatic rings. The molecule has 1 aromatic carbocycles. The number of nitrogens with two attached hydrogens (primary N) is 1. The van der Waals surface area contributed by atoms with Crippen LogP contribution in [0.15, 0.2) is 12.1 Å². The van der Waals surface area contributed by atoms with Gasteiger partial charge in [-0.1, -0.05) is 0 Å². The summed E-state index contributed by atoms with van der Waals surface area (Å²) >= 11 is 0. The molecule has 0 saturated heterocycles. The van der Waals surface area contributed by atoms with Crippen molar-refractivity contribution in [1.82, 2.24) is 0 Å². The van der Waals surface area contributed by atoms with Gasteiger partial charge in [-0.05, 0) is 24.1 Å². The summed E-state index contributed by atoms with van der Waals surface area (Å²) in [6.45, 7) is 0. The monoisotopic (exact) mass is 236 g/mol. The minimum absolute atomic E-state index is 0.0293. The van der Waals surface area contributed by atoms with Crippen molar-refractivity contribution in [3.63, 3.8) is 0 Å². The van der Waals surface area contributed by atoms with Gasteiger partial charge in [0.1, 0.15) is 12.1 Å². The quantitative estimate of drug-likeness (QED) is 0.688. The van der Waals surface area contributed by atoms with Crippen molar-refractivity contribution in [2.45, 2.75) is 12.5 Å². The topological polar surface area (TPSA) is 117 Å². The summed E-state index contributed by atoms with van der Waals surface area (Å²) in [4.78, 5) is 10.6. The van der Waals surface area contributed by atoms with Crippen molar-refractivity contribution in [3.05, 3.63) is 23.3 Å². The van der Waals surface area contributed by atoms with E-state index in [1.807, 2.05) is 6.07 Å². The molecule has 0 aromatic heterocycles. The maximum atomic E-state index is 10.6. The summed E-state index contributed by atoms with van der Waals surface area (Å²) in [6, 6.07) is 3.56. The lowest BCUT2D eigenvalue weighted by molar-refractivity contribution is -0.138. The Hall–Kier alpha value is -2.26.